The molecular formula is C15H12F3N3O2S. The van der Waals surface area contributed by atoms with Gasteiger partial charge in [-0.05, 0) is 41.6 Å². The summed E-state index contributed by atoms with van der Waals surface area (Å²) in [4.78, 5) is 20.1. The van der Waals surface area contributed by atoms with Crippen LogP contribution in [0.25, 0.3) is 17.0 Å². The first-order chi connectivity index (χ1) is 11.4. The number of alkyl halides is 3. The van der Waals surface area contributed by atoms with Gasteiger partial charge in [0.15, 0.2) is 5.17 Å². The van der Waals surface area contributed by atoms with Crippen molar-refractivity contribution in [2.45, 2.75) is 6.68 Å². The van der Waals surface area contributed by atoms with E-state index in [9.17, 15) is 18.0 Å². The highest BCUT2D eigenvalue weighted by Crippen LogP contribution is 2.29. The second-order valence-corrected chi connectivity index (χ2v) is 5.47. The van der Waals surface area contributed by atoms with E-state index in [0.29, 0.717) is 4.91 Å². The third-order valence-corrected chi connectivity index (χ3v) is 3.69. The van der Waals surface area contributed by atoms with E-state index in [1.54, 1.807) is 25.4 Å². The van der Waals surface area contributed by atoms with Crippen LogP contribution in [0.1, 0.15) is 5.56 Å². The summed E-state index contributed by atoms with van der Waals surface area (Å²) in [7, 11) is 1.62. The Morgan fingerprint density at radius 1 is 1.29 bits per heavy atom. The molecule has 2 N–H and O–H groups in total. The van der Waals surface area contributed by atoms with E-state index in [-0.39, 0.29) is 11.1 Å². The lowest BCUT2D eigenvalue weighted by Crippen LogP contribution is -2.01. The Morgan fingerprint density at radius 3 is 2.58 bits per heavy atom. The summed E-state index contributed by atoms with van der Waals surface area (Å²) >= 11 is 1.18. The largest absolute Gasteiger partial charge is 0.496 e. The van der Waals surface area contributed by atoms with Crippen LogP contribution in [-0.2, 0) is 4.79 Å². The number of carbonyl (C=O) groups is 1. The number of pyridine rings is 1. The first-order valence-corrected chi connectivity index (χ1v) is 7.35. The summed E-state index contributed by atoms with van der Waals surface area (Å²) in [5.74, 6) is 0.446. The number of amides is 1. The third kappa shape index (κ3) is 4.48. The van der Waals surface area contributed by atoms with Gasteiger partial charge in [0, 0.05) is 11.6 Å². The molecule has 1 aromatic heterocycles. The molecule has 1 aliphatic rings. The van der Waals surface area contributed by atoms with Crippen LogP contribution < -0.4 is 10.5 Å². The van der Waals surface area contributed by atoms with Gasteiger partial charge in [0.2, 0.25) is 0 Å². The van der Waals surface area contributed by atoms with E-state index in [0.717, 1.165) is 22.2 Å². The number of methoxy groups -OCH3 is 1. The fourth-order valence-electron chi connectivity index (χ4n) is 1.98. The number of aromatic nitrogens is 1. The van der Waals surface area contributed by atoms with Crippen molar-refractivity contribution < 1.29 is 22.7 Å². The van der Waals surface area contributed by atoms with Crippen LogP contribution >= 0.6 is 11.8 Å². The topological polar surface area (TPSA) is 77.6 Å². The molecule has 24 heavy (non-hydrogen) atoms. The van der Waals surface area contributed by atoms with Crippen molar-refractivity contribution in [3.8, 4) is 5.75 Å². The van der Waals surface area contributed by atoms with Crippen molar-refractivity contribution in [1.82, 2.24) is 4.98 Å². The standard InChI is InChI=1S/C14H11N3O2S.CHF3/c1-19-11-4-5-16-10-3-2-8(6-9(10)11)7-12-13(18)17-14(15)20-12;2-1(3)4/h2-7H,1H3,(H2,15,17,18);1H/b12-7-;. The first kappa shape index (κ1) is 17.8. The second kappa shape index (κ2) is 7.82. The highest BCUT2D eigenvalue weighted by Gasteiger charge is 2.19. The summed E-state index contributed by atoms with van der Waals surface area (Å²) in [6.45, 7) is -3.67. The van der Waals surface area contributed by atoms with Gasteiger partial charge in [0.05, 0.1) is 17.5 Å². The molecule has 0 saturated carbocycles. The van der Waals surface area contributed by atoms with Crippen LogP contribution in [0.5, 0.6) is 5.75 Å². The molecule has 0 radical (unpaired) electrons. The van der Waals surface area contributed by atoms with Crippen LogP contribution in [0.4, 0.5) is 13.2 Å². The van der Waals surface area contributed by atoms with Crippen molar-refractivity contribution in [1.29, 1.82) is 0 Å². The van der Waals surface area contributed by atoms with Gasteiger partial charge in [-0.15, -0.1) is 0 Å². The second-order valence-electron chi connectivity index (χ2n) is 4.40. The predicted octanol–water partition coefficient (Wildman–Crippen LogP) is 3.35. The van der Waals surface area contributed by atoms with Gasteiger partial charge in [-0.2, -0.15) is 18.2 Å². The van der Waals surface area contributed by atoms with Crippen molar-refractivity contribution in [3.05, 3.63) is 40.9 Å². The lowest BCUT2D eigenvalue weighted by Gasteiger charge is -2.05. The highest BCUT2D eigenvalue weighted by atomic mass is 32.2. The third-order valence-electron chi connectivity index (χ3n) is 2.88. The smallest absolute Gasteiger partial charge is 0.379 e. The highest BCUT2D eigenvalue weighted by molar-refractivity contribution is 8.18. The normalized spacial score (nSPS) is 15.5. The summed E-state index contributed by atoms with van der Waals surface area (Å²) in [6.07, 6.45) is 3.46. The maximum Gasteiger partial charge on any atom is 0.379 e. The summed E-state index contributed by atoms with van der Waals surface area (Å²) in [5.41, 5.74) is 7.25. The van der Waals surface area contributed by atoms with Gasteiger partial charge < -0.3 is 10.5 Å². The Hall–Kier alpha value is -2.55. The van der Waals surface area contributed by atoms with Crippen LogP contribution in [0.3, 0.4) is 0 Å². The minimum Gasteiger partial charge on any atom is -0.496 e. The molecule has 1 aromatic carbocycles. The zero-order valence-corrected chi connectivity index (χ0v) is 13.2. The molecular weight excluding hydrogens is 343 g/mol. The van der Waals surface area contributed by atoms with E-state index >= 15 is 0 Å². The van der Waals surface area contributed by atoms with E-state index in [4.69, 9.17) is 10.5 Å². The molecule has 0 fully saturated rings. The number of nitrogens with zero attached hydrogens (tertiary/aromatic N) is 2. The quantitative estimate of drug-likeness (QED) is 0.836. The molecule has 0 aliphatic carbocycles. The van der Waals surface area contributed by atoms with E-state index in [2.05, 4.69) is 9.98 Å². The number of nitrogens with two attached hydrogens (primary N) is 1. The predicted molar refractivity (Wildman–Crippen MR) is 87.6 cm³/mol. The molecule has 1 amide bonds. The van der Waals surface area contributed by atoms with E-state index < -0.39 is 6.68 Å². The van der Waals surface area contributed by atoms with Crippen molar-refractivity contribution >= 4 is 39.8 Å². The molecule has 9 heteroatoms. The molecule has 2 heterocycles. The molecule has 0 unspecified atom stereocenters. The number of hydrogen-bond acceptors (Lipinski definition) is 5. The molecule has 0 spiro atoms. The number of carbonyl (C=O) groups excluding carboxylic acids is 1. The number of hydrogen-bond donors (Lipinski definition) is 1. The summed E-state index contributed by atoms with van der Waals surface area (Å²) in [5, 5.41) is 1.18. The van der Waals surface area contributed by atoms with Crippen LogP contribution in [0.15, 0.2) is 40.4 Å². The minimum atomic E-state index is -3.67. The molecule has 2 aromatic rings. The SMILES string of the molecule is COc1ccnc2ccc(/C=C3\SC(N)=NC3=O)cc12.FC(F)F. The number of ether oxygens (including phenoxy) is 1. The maximum atomic E-state index is 11.6. The Labute approximate surface area is 139 Å². The Morgan fingerprint density at radius 2 is 2.00 bits per heavy atom. The zero-order valence-electron chi connectivity index (χ0n) is 12.4. The summed E-state index contributed by atoms with van der Waals surface area (Å²) < 4.78 is 34.3. The molecule has 0 atom stereocenters. The fourth-order valence-corrected chi connectivity index (χ4v) is 2.67. The monoisotopic (exact) mass is 355 g/mol. The van der Waals surface area contributed by atoms with E-state index in [1.165, 1.54) is 11.8 Å². The average molecular weight is 355 g/mol. The van der Waals surface area contributed by atoms with Crippen LogP contribution in [-0.4, -0.2) is 29.8 Å². The van der Waals surface area contributed by atoms with E-state index in [1.807, 2.05) is 18.2 Å². The van der Waals surface area contributed by atoms with Crippen molar-refractivity contribution in [2.24, 2.45) is 10.7 Å². The fraction of sp³-hybridized carbons (Fsp3) is 0.133. The zero-order chi connectivity index (χ0) is 17.7. The Balaban J connectivity index is 0.000000471. The lowest BCUT2D eigenvalue weighted by molar-refractivity contribution is -0.113. The molecule has 0 saturated heterocycles. The van der Waals surface area contributed by atoms with Gasteiger partial charge in [0.25, 0.3) is 5.91 Å². The first-order valence-electron chi connectivity index (χ1n) is 6.53. The maximum absolute atomic E-state index is 11.6. The number of rotatable bonds is 2. The molecule has 126 valence electrons. The van der Waals surface area contributed by atoms with Gasteiger partial charge in [-0.1, -0.05) is 6.07 Å². The minimum absolute atomic E-state index is 0.279. The Kier molecular flexibility index (Phi) is 5.80. The lowest BCUT2D eigenvalue weighted by atomic mass is 10.1. The van der Waals surface area contributed by atoms with Gasteiger partial charge in [-0.3, -0.25) is 9.78 Å². The van der Waals surface area contributed by atoms with Gasteiger partial charge in [0.1, 0.15) is 5.75 Å². The molecule has 5 nitrogen and oxygen atoms in total. The van der Waals surface area contributed by atoms with Crippen LogP contribution in [0.2, 0.25) is 0 Å². The molecule has 0 bridgehead atoms. The van der Waals surface area contributed by atoms with Crippen molar-refractivity contribution in [3.63, 3.8) is 0 Å². The van der Waals surface area contributed by atoms with Gasteiger partial charge in [-0.25, -0.2) is 0 Å². The van der Waals surface area contributed by atoms with Crippen LogP contribution in [0, 0.1) is 0 Å². The molecule has 3 rings (SSSR count). The number of aliphatic imine (C=N–C) groups is 1. The number of benzene rings is 1. The van der Waals surface area contributed by atoms with Gasteiger partial charge >= 0.3 is 6.68 Å². The Bertz CT molecular complexity index is 822. The molecule has 1 aliphatic heterocycles. The number of fused-ring (bicyclic) bond motifs is 1. The van der Waals surface area contributed by atoms with Crippen molar-refractivity contribution in [2.75, 3.05) is 7.11 Å². The number of thioether (sulfide) groups is 1. The summed E-state index contributed by atoms with van der Waals surface area (Å²) in [6, 6.07) is 7.51. The average Bonchev–Trinajstić information content (AvgIpc) is 2.83. The number of amidine groups is 1. The number of halogens is 3.